The van der Waals surface area contributed by atoms with E-state index in [1.54, 1.807) is 6.08 Å². The van der Waals surface area contributed by atoms with Crippen molar-refractivity contribution in [3.05, 3.63) is 41.5 Å². The lowest BCUT2D eigenvalue weighted by Crippen LogP contribution is -2.32. The molecule has 20 heavy (non-hydrogen) atoms. The molecule has 1 aliphatic rings. The smallest absolute Gasteiger partial charge is 0.328 e. The molecule has 0 atom stereocenters. The molecule has 3 nitrogen and oxygen atoms in total. The summed E-state index contributed by atoms with van der Waals surface area (Å²) in [6.45, 7) is 5.39. The summed E-state index contributed by atoms with van der Waals surface area (Å²) in [7, 11) is 0. The quantitative estimate of drug-likeness (QED) is 0.774. The molecule has 0 heterocycles. The molecule has 1 aliphatic carbocycles. The van der Waals surface area contributed by atoms with Gasteiger partial charge in [0, 0.05) is 19.2 Å². The fourth-order valence-corrected chi connectivity index (χ4v) is 2.57. The SMILES string of the molecule is CCN(Cc1cccc(/C=C/C(=O)O)c1)CC1CCC1. The Balaban J connectivity index is 1.96. The fraction of sp³-hybridized carbons (Fsp3) is 0.471. The first-order valence-corrected chi connectivity index (χ1v) is 7.39. The second kappa shape index (κ2) is 7.25. The maximum atomic E-state index is 10.5. The fourth-order valence-electron chi connectivity index (χ4n) is 2.57. The molecule has 1 N–H and O–H groups in total. The average molecular weight is 273 g/mol. The number of carboxylic acid groups (broad SMARTS) is 1. The number of carbonyl (C=O) groups is 1. The van der Waals surface area contributed by atoms with Gasteiger partial charge >= 0.3 is 5.97 Å². The summed E-state index contributed by atoms with van der Waals surface area (Å²) in [5.41, 5.74) is 2.20. The zero-order chi connectivity index (χ0) is 14.4. The number of aliphatic carboxylic acids is 1. The number of hydrogen-bond donors (Lipinski definition) is 1. The molecule has 0 bridgehead atoms. The van der Waals surface area contributed by atoms with Crippen molar-refractivity contribution < 1.29 is 9.90 Å². The monoisotopic (exact) mass is 273 g/mol. The topological polar surface area (TPSA) is 40.5 Å². The lowest BCUT2D eigenvalue weighted by Gasteiger charge is -2.31. The highest BCUT2D eigenvalue weighted by Crippen LogP contribution is 2.27. The minimum atomic E-state index is -0.907. The van der Waals surface area contributed by atoms with Gasteiger partial charge in [-0.3, -0.25) is 4.90 Å². The molecule has 0 aliphatic heterocycles. The van der Waals surface area contributed by atoms with E-state index in [2.05, 4.69) is 24.0 Å². The van der Waals surface area contributed by atoms with E-state index in [-0.39, 0.29) is 0 Å². The van der Waals surface area contributed by atoms with Gasteiger partial charge in [-0.1, -0.05) is 37.6 Å². The largest absolute Gasteiger partial charge is 0.478 e. The van der Waals surface area contributed by atoms with Crippen molar-refractivity contribution in [2.45, 2.75) is 32.7 Å². The summed E-state index contributed by atoms with van der Waals surface area (Å²) >= 11 is 0. The predicted molar refractivity (Wildman–Crippen MR) is 81.4 cm³/mol. The third kappa shape index (κ3) is 4.49. The summed E-state index contributed by atoms with van der Waals surface area (Å²) < 4.78 is 0. The van der Waals surface area contributed by atoms with Gasteiger partial charge < -0.3 is 5.11 Å². The van der Waals surface area contributed by atoms with Crippen LogP contribution < -0.4 is 0 Å². The van der Waals surface area contributed by atoms with Gasteiger partial charge in [-0.25, -0.2) is 4.79 Å². The van der Waals surface area contributed by atoms with E-state index in [0.717, 1.165) is 24.6 Å². The molecule has 1 saturated carbocycles. The Morgan fingerprint density at radius 3 is 2.85 bits per heavy atom. The maximum absolute atomic E-state index is 10.5. The van der Waals surface area contributed by atoms with Crippen LogP contribution in [0.15, 0.2) is 30.3 Å². The normalized spacial score (nSPS) is 15.7. The van der Waals surface area contributed by atoms with E-state index in [1.807, 2.05) is 12.1 Å². The summed E-state index contributed by atoms with van der Waals surface area (Å²) in [5.74, 6) is -0.0272. The van der Waals surface area contributed by atoms with Crippen LogP contribution in [0.4, 0.5) is 0 Å². The molecule has 0 saturated heterocycles. The molecule has 1 aromatic carbocycles. The van der Waals surface area contributed by atoms with Crippen LogP contribution in [0, 0.1) is 5.92 Å². The Morgan fingerprint density at radius 1 is 1.45 bits per heavy atom. The van der Waals surface area contributed by atoms with Crippen molar-refractivity contribution >= 4 is 12.0 Å². The van der Waals surface area contributed by atoms with Crippen LogP contribution in [0.2, 0.25) is 0 Å². The van der Waals surface area contributed by atoms with E-state index in [4.69, 9.17) is 5.11 Å². The van der Waals surface area contributed by atoms with Crippen LogP contribution in [0.25, 0.3) is 6.08 Å². The molecule has 2 rings (SSSR count). The molecule has 0 aromatic heterocycles. The third-order valence-electron chi connectivity index (χ3n) is 3.96. The molecular weight excluding hydrogens is 250 g/mol. The number of hydrogen-bond acceptors (Lipinski definition) is 2. The second-order valence-electron chi connectivity index (χ2n) is 5.54. The van der Waals surface area contributed by atoms with E-state index in [9.17, 15) is 4.79 Å². The zero-order valence-corrected chi connectivity index (χ0v) is 12.1. The molecule has 1 fully saturated rings. The lowest BCUT2D eigenvalue weighted by molar-refractivity contribution is -0.131. The summed E-state index contributed by atoms with van der Waals surface area (Å²) in [6.07, 6.45) is 6.96. The Bertz CT molecular complexity index is 478. The van der Waals surface area contributed by atoms with Gasteiger partial charge in [-0.05, 0) is 42.5 Å². The third-order valence-corrected chi connectivity index (χ3v) is 3.96. The standard InChI is InChI=1S/C17H23NO2/c1-2-18(12-15-6-4-7-15)13-16-8-3-5-14(11-16)9-10-17(19)20/h3,5,8-11,15H,2,4,6-7,12-13H2,1H3,(H,19,20)/b10-9+. The first kappa shape index (κ1) is 14.8. The second-order valence-corrected chi connectivity index (χ2v) is 5.54. The number of benzene rings is 1. The molecule has 108 valence electrons. The van der Waals surface area contributed by atoms with Gasteiger partial charge in [0.25, 0.3) is 0 Å². The molecule has 0 unspecified atom stereocenters. The summed E-state index contributed by atoms with van der Waals surface area (Å²) in [4.78, 5) is 13.0. The first-order valence-electron chi connectivity index (χ1n) is 7.39. The van der Waals surface area contributed by atoms with E-state index < -0.39 is 5.97 Å². The molecule has 0 spiro atoms. The molecular formula is C17H23NO2. The molecule has 3 heteroatoms. The summed E-state index contributed by atoms with van der Waals surface area (Å²) in [6, 6.07) is 8.11. The van der Waals surface area contributed by atoms with Gasteiger partial charge in [0.15, 0.2) is 0 Å². The van der Waals surface area contributed by atoms with Crippen molar-refractivity contribution in [1.29, 1.82) is 0 Å². The predicted octanol–water partition coefficient (Wildman–Crippen LogP) is 3.41. The minimum Gasteiger partial charge on any atom is -0.478 e. The Morgan fingerprint density at radius 2 is 2.25 bits per heavy atom. The van der Waals surface area contributed by atoms with E-state index in [0.29, 0.717) is 0 Å². The molecule has 1 aromatic rings. The van der Waals surface area contributed by atoms with Crippen molar-refractivity contribution in [2.24, 2.45) is 5.92 Å². The number of rotatable bonds is 7. The Labute approximate surface area is 120 Å². The van der Waals surface area contributed by atoms with E-state index >= 15 is 0 Å². The van der Waals surface area contributed by atoms with Gasteiger partial charge in [0.2, 0.25) is 0 Å². The molecule has 0 radical (unpaired) electrons. The highest BCUT2D eigenvalue weighted by molar-refractivity contribution is 5.85. The van der Waals surface area contributed by atoms with Crippen molar-refractivity contribution in [2.75, 3.05) is 13.1 Å². The molecule has 0 amide bonds. The Kier molecular flexibility index (Phi) is 5.36. The number of nitrogens with zero attached hydrogens (tertiary/aromatic N) is 1. The van der Waals surface area contributed by atoms with Crippen molar-refractivity contribution in [3.63, 3.8) is 0 Å². The van der Waals surface area contributed by atoms with Crippen molar-refractivity contribution in [3.8, 4) is 0 Å². The van der Waals surface area contributed by atoms with Gasteiger partial charge in [0.05, 0.1) is 0 Å². The summed E-state index contributed by atoms with van der Waals surface area (Å²) in [5, 5.41) is 8.67. The number of carboxylic acids is 1. The minimum absolute atomic E-state index is 0.880. The van der Waals surface area contributed by atoms with Crippen LogP contribution in [-0.2, 0) is 11.3 Å². The van der Waals surface area contributed by atoms with Gasteiger partial charge in [-0.15, -0.1) is 0 Å². The highest BCUT2D eigenvalue weighted by atomic mass is 16.4. The first-order chi connectivity index (χ1) is 9.67. The van der Waals surface area contributed by atoms with Crippen LogP contribution in [0.3, 0.4) is 0 Å². The highest BCUT2D eigenvalue weighted by Gasteiger charge is 2.19. The van der Waals surface area contributed by atoms with Crippen LogP contribution in [0.5, 0.6) is 0 Å². The van der Waals surface area contributed by atoms with Gasteiger partial charge in [-0.2, -0.15) is 0 Å². The van der Waals surface area contributed by atoms with Crippen molar-refractivity contribution in [1.82, 2.24) is 4.90 Å². The van der Waals surface area contributed by atoms with Crippen LogP contribution in [0.1, 0.15) is 37.3 Å². The van der Waals surface area contributed by atoms with Crippen LogP contribution in [-0.4, -0.2) is 29.1 Å². The van der Waals surface area contributed by atoms with E-state index in [1.165, 1.54) is 37.4 Å². The zero-order valence-electron chi connectivity index (χ0n) is 12.1. The Hall–Kier alpha value is -1.61. The average Bonchev–Trinajstić information content (AvgIpc) is 2.39. The maximum Gasteiger partial charge on any atom is 0.328 e. The van der Waals surface area contributed by atoms with Crippen LogP contribution >= 0.6 is 0 Å². The lowest BCUT2D eigenvalue weighted by atomic mass is 9.85. The van der Waals surface area contributed by atoms with Gasteiger partial charge in [0.1, 0.15) is 0 Å².